The number of Topliss-reactive ketones (excluding diaryl/α,β-unsaturated/α-hetero) is 1. The van der Waals surface area contributed by atoms with Gasteiger partial charge in [-0.2, -0.15) is 0 Å². The highest BCUT2D eigenvalue weighted by Crippen LogP contribution is 2.64. The molecule has 0 saturated heterocycles. The molecule has 0 aromatic heterocycles. The lowest BCUT2D eigenvalue weighted by atomic mass is 9.48. The molecule has 4 aliphatic rings. The Labute approximate surface area is 134 Å². The van der Waals surface area contributed by atoms with Crippen molar-refractivity contribution in [2.24, 2.45) is 34.5 Å². The topological polar surface area (TPSA) is 37.3 Å². The van der Waals surface area contributed by atoms with Gasteiger partial charge < -0.3 is 5.11 Å². The molecule has 2 heteroatoms. The minimum atomic E-state index is -0.127. The quantitative estimate of drug-likeness (QED) is 0.683. The van der Waals surface area contributed by atoms with Crippen LogP contribution in [0.4, 0.5) is 0 Å². The van der Waals surface area contributed by atoms with E-state index in [1.807, 2.05) is 0 Å². The summed E-state index contributed by atoms with van der Waals surface area (Å²) in [6.45, 7) is 6.85. The molecule has 22 heavy (non-hydrogen) atoms. The summed E-state index contributed by atoms with van der Waals surface area (Å²) in [5.41, 5.74) is 1.77. The fraction of sp³-hybridized carbons (Fsp3) is 0.850. The number of carbonyl (C=O) groups is 1. The first-order chi connectivity index (χ1) is 10.4. The van der Waals surface area contributed by atoms with Gasteiger partial charge in [0.1, 0.15) is 5.78 Å². The van der Waals surface area contributed by atoms with Crippen molar-refractivity contribution in [1.29, 1.82) is 0 Å². The van der Waals surface area contributed by atoms with Gasteiger partial charge in [-0.25, -0.2) is 0 Å². The van der Waals surface area contributed by atoms with E-state index in [1.165, 1.54) is 12.0 Å². The summed E-state index contributed by atoms with van der Waals surface area (Å²) in [5.74, 6) is 2.82. The molecular formula is C20H30O2. The van der Waals surface area contributed by atoms with Crippen LogP contribution in [0.3, 0.4) is 0 Å². The van der Waals surface area contributed by atoms with E-state index >= 15 is 0 Å². The molecule has 7 atom stereocenters. The number of allylic oxidation sites excluding steroid dienone is 1. The Morgan fingerprint density at radius 1 is 1.14 bits per heavy atom. The molecule has 1 N–H and O–H groups in total. The Morgan fingerprint density at radius 3 is 2.64 bits per heavy atom. The lowest BCUT2D eigenvalue weighted by Gasteiger charge is -2.56. The standard InChI is InChI=1S/C20H30O2/c1-12-10-17-15-5-4-13-11-14(21)6-8-19(13,2)16(15)7-9-20(17,3)18(12)22/h4,12,14-17,21H,5-11H2,1-3H3/t12-,14-,15?,16?,17?,19?,20?/m1/s1. The van der Waals surface area contributed by atoms with Gasteiger partial charge in [-0.05, 0) is 68.1 Å². The third-order valence-electron chi connectivity index (χ3n) is 8.09. The van der Waals surface area contributed by atoms with Crippen LogP contribution in [0.25, 0.3) is 0 Å². The van der Waals surface area contributed by atoms with Gasteiger partial charge in [0, 0.05) is 11.3 Å². The summed E-state index contributed by atoms with van der Waals surface area (Å²) >= 11 is 0. The number of fused-ring (bicyclic) bond motifs is 5. The molecular weight excluding hydrogens is 272 g/mol. The molecule has 2 nitrogen and oxygen atoms in total. The summed E-state index contributed by atoms with van der Waals surface area (Å²) < 4.78 is 0. The first-order valence-electron chi connectivity index (χ1n) is 9.28. The number of ketones is 1. The largest absolute Gasteiger partial charge is 0.393 e. The van der Waals surface area contributed by atoms with Gasteiger partial charge >= 0.3 is 0 Å². The molecule has 0 amide bonds. The van der Waals surface area contributed by atoms with E-state index in [0.29, 0.717) is 23.0 Å². The van der Waals surface area contributed by atoms with E-state index < -0.39 is 0 Å². The van der Waals surface area contributed by atoms with E-state index in [0.717, 1.165) is 44.4 Å². The van der Waals surface area contributed by atoms with Crippen molar-refractivity contribution in [3.63, 3.8) is 0 Å². The fourth-order valence-electron chi connectivity index (χ4n) is 6.75. The van der Waals surface area contributed by atoms with Gasteiger partial charge in [0.25, 0.3) is 0 Å². The molecule has 122 valence electrons. The summed E-state index contributed by atoms with van der Waals surface area (Å²) in [7, 11) is 0. The highest BCUT2D eigenvalue weighted by atomic mass is 16.3. The van der Waals surface area contributed by atoms with Gasteiger partial charge in [-0.15, -0.1) is 0 Å². The second-order valence-electron chi connectivity index (χ2n) is 9.11. The molecule has 0 spiro atoms. The van der Waals surface area contributed by atoms with E-state index in [2.05, 4.69) is 26.8 Å². The van der Waals surface area contributed by atoms with Crippen LogP contribution in [0.2, 0.25) is 0 Å². The van der Waals surface area contributed by atoms with Gasteiger partial charge in [0.05, 0.1) is 6.10 Å². The van der Waals surface area contributed by atoms with E-state index in [-0.39, 0.29) is 17.4 Å². The highest BCUT2D eigenvalue weighted by Gasteiger charge is 2.60. The molecule has 4 aliphatic carbocycles. The highest BCUT2D eigenvalue weighted by molar-refractivity contribution is 5.89. The number of carbonyl (C=O) groups excluding carboxylic acids is 1. The predicted molar refractivity (Wildman–Crippen MR) is 87.3 cm³/mol. The second kappa shape index (κ2) is 4.69. The maximum Gasteiger partial charge on any atom is 0.141 e. The zero-order chi connectivity index (χ0) is 15.7. The summed E-state index contributed by atoms with van der Waals surface area (Å²) in [4.78, 5) is 12.7. The Hall–Kier alpha value is -0.630. The Morgan fingerprint density at radius 2 is 1.86 bits per heavy atom. The van der Waals surface area contributed by atoms with Crippen LogP contribution < -0.4 is 0 Å². The van der Waals surface area contributed by atoms with Crippen LogP contribution in [0.15, 0.2) is 11.6 Å². The SMILES string of the molecule is C[C@@H]1CC2C3CC=C4C[C@H](O)CCC4(C)C3CCC2(C)C1=O. The van der Waals surface area contributed by atoms with Gasteiger partial charge in [-0.3, -0.25) is 4.79 Å². The molecule has 0 aromatic carbocycles. The van der Waals surface area contributed by atoms with Crippen LogP contribution in [0, 0.1) is 34.5 Å². The average molecular weight is 302 g/mol. The summed E-state index contributed by atoms with van der Waals surface area (Å²) in [5, 5.41) is 10.0. The molecule has 5 unspecified atom stereocenters. The summed E-state index contributed by atoms with van der Waals surface area (Å²) in [6, 6.07) is 0. The van der Waals surface area contributed by atoms with Crippen molar-refractivity contribution in [1.82, 2.24) is 0 Å². The fourth-order valence-corrected chi connectivity index (χ4v) is 6.75. The lowest BCUT2D eigenvalue weighted by Crippen LogP contribution is -2.50. The van der Waals surface area contributed by atoms with E-state index in [1.54, 1.807) is 0 Å². The molecule has 0 bridgehead atoms. The molecule has 0 radical (unpaired) electrons. The number of hydrogen-bond donors (Lipinski definition) is 1. The molecule has 3 saturated carbocycles. The monoisotopic (exact) mass is 302 g/mol. The molecule has 0 heterocycles. The first-order valence-corrected chi connectivity index (χ1v) is 9.28. The predicted octanol–water partition coefficient (Wildman–Crippen LogP) is 4.13. The van der Waals surface area contributed by atoms with Crippen LogP contribution in [-0.2, 0) is 4.79 Å². The molecule has 3 fully saturated rings. The number of rotatable bonds is 0. The van der Waals surface area contributed by atoms with E-state index in [4.69, 9.17) is 0 Å². The second-order valence-corrected chi connectivity index (χ2v) is 9.11. The van der Waals surface area contributed by atoms with Crippen LogP contribution in [0.5, 0.6) is 0 Å². The molecule has 4 rings (SSSR count). The summed E-state index contributed by atoms with van der Waals surface area (Å²) in [6.07, 6.45) is 9.84. The van der Waals surface area contributed by atoms with Crippen LogP contribution >= 0.6 is 0 Å². The van der Waals surface area contributed by atoms with Gasteiger partial charge in [-0.1, -0.05) is 32.4 Å². The van der Waals surface area contributed by atoms with Crippen LogP contribution in [0.1, 0.15) is 65.7 Å². The van der Waals surface area contributed by atoms with Crippen molar-refractivity contribution < 1.29 is 9.90 Å². The van der Waals surface area contributed by atoms with Crippen molar-refractivity contribution in [2.45, 2.75) is 71.8 Å². The Kier molecular flexibility index (Phi) is 3.18. The number of aliphatic hydroxyl groups excluding tert-OH is 1. The van der Waals surface area contributed by atoms with Gasteiger partial charge in [0.2, 0.25) is 0 Å². The normalized spacial score (nSPS) is 54.3. The third kappa shape index (κ3) is 1.79. The Balaban J connectivity index is 1.70. The van der Waals surface area contributed by atoms with Crippen molar-refractivity contribution in [3.05, 3.63) is 11.6 Å². The molecule has 0 aromatic rings. The Bertz CT molecular complexity index is 536. The lowest BCUT2D eigenvalue weighted by molar-refractivity contribution is -0.133. The smallest absolute Gasteiger partial charge is 0.141 e. The van der Waals surface area contributed by atoms with Gasteiger partial charge in [0.15, 0.2) is 0 Å². The average Bonchev–Trinajstić information content (AvgIpc) is 2.72. The zero-order valence-electron chi connectivity index (χ0n) is 14.3. The number of aliphatic hydroxyl groups is 1. The van der Waals surface area contributed by atoms with Crippen LogP contribution in [-0.4, -0.2) is 17.0 Å². The number of hydrogen-bond acceptors (Lipinski definition) is 2. The zero-order valence-corrected chi connectivity index (χ0v) is 14.3. The van der Waals surface area contributed by atoms with Crippen molar-refractivity contribution in [2.75, 3.05) is 0 Å². The maximum atomic E-state index is 12.7. The van der Waals surface area contributed by atoms with E-state index in [9.17, 15) is 9.90 Å². The van der Waals surface area contributed by atoms with Crippen molar-refractivity contribution in [3.8, 4) is 0 Å². The minimum absolute atomic E-state index is 0.0452. The van der Waals surface area contributed by atoms with Crippen molar-refractivity contribution >= 4 is 5.78 Å². The third-order valence-corrected chi connectivity index (χ3v) is 8.09. The minimum Gasteiger partial charge on any atom is -0.393 e. The maximum absolute atomic E-state index is 12.7. The first kappa shape index (κ1) is 14.9. The molecule has 0 aliphatic heterocycles.